The van der Waals surface area contributed by atoms with Gasteiger partial charge in [-0.2, -0.15) is 0 Å². The summed E-state index contributed by atoms with van der Waals surface area (Å²) in [7, 11) is 1.57. The zero-order valence-corrected chi connectivity index (χ0v) is 13.0. The first kappa shape index (κ1) is 15.5. The van der Waals surface area contributed by atoms with E-state index in [2.05, 4.69) is 0 Å². The Balaban J connectivity index is 1.73. The second-order valence-corrected chi connectivity index (χ2v) is 5.66. The SMILES string of the molecule is COc1ccc(N2C(=O)CC(N3CCN(C=O)CC3)C2=O)cc1. The number of benzene rings is 1. The summed E-state index contributed by atoms with van der Waals surface area (Å²) in [5.74, 6) is 0.289. The Morgan fingerprint density at radius 2 is 1.74 bits per heavy atom. The lowest BCUT2D eigenvalue weighted by atomic mass is 10.2. The molecule has 2 fully saturated rings. The second-order valence-electron chi connectivity index (χ2n) is 5.66. The Labute approximate surface area is 134 Å². The van der Waals surface area contributed by atoms with E-state index >= 15 is 0 Å². The normalized spacial score (nSPS) is 22.6. The Kier molecular flexibility index (Phi) is 4.29. The Hall–Kier alpha value is -2.41. The Morgan fingerprint density at radius 3 is 2.30 bits per heavy atom. The molecule has 1 unspecified atom stereocenters. The first-order chi connectivity index (χ1) is 11.1. The van der Waals surface area contributed by atoms with E-state index in [0.29, 0.717) is 37.6 Å². The van der Waals surface area contributed by atoms with Gasteiger partial charge in [0.1, 0.15) is 5.75 Å². The zero-order chi connectivity index (χ0) is 16.4. The molecule has 0 spiro atoms. The van der Waals surface area contributed by atoms with Crippen LogP contribution in [0.15, 0.2) is 24.3 Å². The van der Waals surface area contributed by atoms with Gasteiger partial charge in [0.15, 0.2) is 0 Å². The van der Waals surface area contributed by atoms with Crippen molar-refractivity contribution in [3.05, 3.63) is 24.3 Å². The van der Waals surface area contributed by atoms with Crippen molar-refractivity contribution in [2.24, 2.45) is 0 Å². The lowest BCUT2D eigenvalue weighted by Crippen LogP contribution is -2.52. The number of methoxy groups -OCH3 is 1. The molecule has 1 aromatic carbocycles. The van der Waals surface area contributed by atoms with E-state index in [-0.39, 0.29) is 18.2 Å². The van der Waals surface area contributed by atoms with Gasteiger partial charge in [0, 0.05) is 26.2 Å². The van der Waals surface area contributed by atoms with Crippen LogP contribution in [-0.2, 0) is 14.4 Å². The highest BCUT2D eigenvalue weighted by molar-refractivity contribution is 6.22. The van der Waals surface area contributed by atoms with Crippen LogP contribution in [0.1, 0.15) is 6.42 Å². The molecule has 122 valence electrons. The molecule has 2 saturated heterocycles. The smallest absolute Gasteiger partial charge is 0.251 e. The van der Waals surface area contributed by atoms with Crippen LogP contribution in [-0.4, -0.2) is 67.4 Å². The molecule has 1 aromatic rings. The van der Waals surface area contributed by atoms with Crippen molar-refractivity contribution >= 4 is 23.9 Å². The highest BCUT2D eigenvalue weighted by atomic mass is 16.5. The maximum Gasteiger partial charge on any atom is 0.251 e. The highest BCUT2D eigenvalue weighted by Crippen LogP contribution is 2.27. The van der Waals surface area contributed by atoms with Gasteiger partial charge >= 0.3 is 0 Å². The number of hydrogen-bond donors (Lipinski definition) is 0. The van der Waals surface area contributed by atoms with Gasteiger partial charge in [-0.25, -0.2) is 4.90 Å². The standard InChI is InChI=1S/C16H19N3O4/c1-23-13-4-2-12(3-5-13)19-15(21)10-14(16(19)22)18-8-6-17(11-20)7-9-18/h2-5,11,14H,6-10H2,1H3. The number of piperazine rings is 1. The topological polar surface area (TPSA) is 70.2 Å². The lowest BCUT2D eigenvalue weighted by molar-refractivity contribution is -0.124. The number of anilines is 1. The first-order valence-corrected chi connectivity index (χ1v) is 7.58. The molecule has 3 rings (SSSR count). The second kappa shape index (κ2) is 6.37. The van der Waals surface area contributed by atoms with Crippen LogP contribution in [0.5, 0.6) is 5.75 Å². The van der Waals surface area contributed by atoms with Crippen molar-refractivity contribution in [2.75, 3.05) is 38.2 Å². The maximum atomic E-state index is 12.7. The lowest BCUT2D eigenvalue weighted by Gasteiger charge is -2.35. The molecule has 7 nitrogen and oxygen atoms in total. The van der Waals surface area contributed by atoms with Crippen LogP contribution < -0.4 is 9.64 Å². The number of imide groups is 1. The Morgan fingerprint density at radius 1 is 1.09 bits per heavy atom. The molecule has 0 aromatic heterocycles. The van der Waals surface area contributed by atoms with Gasteiger partial charge in [0.2, 0.25) is 12.3 Å². The van der Waals surface area contributed by atoms with E-state index < -0.39 is 6.04 Å². The molecule has 0 aliphatic carbocycles. The van der Waals surface area contributed by atoms with Gasteiger partial charge < -0.3 is 9.64 Å². The van der Waals surface area contributed by atoms with Crippen molar-refractivity contribution in [3.8, 4) is 5.75 Å². The maximum absolute atomic E-state index is 12.7. The fourth-order valence-electron chi connectivity index (χ4n) is 3.06. The van der Waals surface area contributed by atoms with E-state index in [1.54, 1.807) is 36.3 Å². The highest BCUT2D eigenvalue weighted by Gasteiger charge is 2.43. The molecule has 0 N–H and O–H groups in total. The van der Waals surface area contributed by atoms with Gasteiger partial charge in [0.25, 0.3) is 5.91 Å². The number of ether oxygens (including phenoxy) is 1. The molecule has 0 radical (unpaired) electrons. The minimum atomic E-state index is -0.432. The molecular formula is C16H19N3O4. The minimum absolute atomic E-state index is 0.186. The van der Waals surface area contributed by atoms with E-state index in [1.165, 1.54) is 4.90 Å². The summed E-state index contributed by atoms with van der Waals surface area (Å²) in [4.78, 5) is 40.6. The van der Waals surface area contributed by atoms with Crippen molar-refractivity contribution in [1.82, 2.24) is 9.80 Å². The number of hydrogen-bond acceptors (Lipinski definition) is 5. The van der Waals surface area contributed by atoms with E-state index in [1.807, 2.05) is 4.90 Å². The predicted octanol–water partition coefficient (Wildman–Crippen LogP) is 0.101. The summed E-state index contributed by atoms with van der Waals surface area (Å²) in [5.41, 5.74) is 0.565. The van der Waals surface area contributed by atoms with Crippen molar-refractivity contribution in [2.45, 2.75) is 12.5 Å². The summed E-state index contributed by atoms with van der Waals surface area (Å²) >= 11 is 0. The molecule has 23 heavy (non-hydrogen) atoms. The minimum Gasteiger partial charge on any atom is -0.497 e. The molecule has 0 bridgehead atoms. The van der Waals surface area contributed by atoms with Crippen molar-refractivity contribution in [3.63, 3.8) is 0 Å². The van der Waals surface area contributed by atoms with E-state index in [4.69, 9.17) is 4.74 Å². The van der Waals surface area contributed by atoms with Gasteiger partial charge in [0.05, 0.1) is 25.3 Å². The fourth-order valence-corrected chi connectivity index (χ4v) is 3.06. The predicted molar refractivity (Wildman–Crippen MR) is 83.1 cm³/mol. The van der Waals surface area contributed by atoms with Crippen LogP contribution in [0.4, 0.5) is 5.69 Å². The molecule has 2 aliphatic heterocycles. The molecule has 0 saturated carbocycles. The molecule has 1 atom stereocenters. The summed E-state index contributed by atoms with van der Waals surface area (Å²) in [5, 5.41) is 0. The fraction of sp³-hybridized carbons (Fsp3) is 0.438. The quantitative estimate of drug-likeness (QED) is 0.582. The summed E-state index contributed by atoms with van der Waals surface area (Å²) in [6.45, 7) is 2.39. The van der Waals surface area contributed by atoms with Gasteiger partial charge in [-0.3, -0.25) is 19.3 Å². The van der Waals surface area contributed by atoms with Crippen LogP contribution in [0.2, 0.25) is 0 Å². The number of nitrogens with zero attached hydrogens (tertiary/aromatic N) is 3. The van der Waals surface area contributed by atoms with Crippen LogP contribution in [0, 0.1) is 0 Å². The molecule has 3 amide bonds. The first-order valence-electron chi connectivity index (χ1n) is 7.58. The number of amides is 3. The van der Waals surface area contributed by atoms with Gasteiger partial charge in [-0.05, 0) is 24.3 Å². The van der Waals surface area contributed by atoms with Crippen LogP contribution >= 0.6 is 0 Å². The monoisotopic (exact) mass is 317 g/mol. The molecular weight excluding hydrogens is 298 g/mol. The van der Waals surface area contributed by atoms with Gasteiger partial charge in [-0.15, -0.1) is 0 Å². The zero-order valence-electron chi connectivity index (χ0n) is 13.0. The number of rotatable bonds is 4. The number of carbonyl (C=O) groups excluding carboxylic acids is 3. The summed E-state index contributed by atoms with van der Waals surface area (Å²) in [6.07, 6.45) is 1.01. The average molecular weight is 317 g/mol. The average Bonchev–Trinajstić information content (AvgIpc) is 2.89. The van der Waals surface area contributed by atoms with Crippen molar-refractivity contribution in [1.29, 1.82) is 0 Å². The van der Waals surface area contributed by atoms with Crippen LogP contribution in [0.3, 0.4) is 0 Å². The molecule has 7 heteroatoms. The molecule has 2 aliphatic rings. The van der Waals surface area contributed by atoms with Gasteiger partial charge in [-0.1, -0.05) is 0 Å². The third-order valence-corrected chi connectivity index (χ3v) is 4.39. The van der Waals surface area contributed by atoms with E-state index in [9.17, 15) is 14.4 Å². The number of carbonyl (C=O) groups is 3. The largest absolute Gasteiger partial charge is 0.497 e. The van der Waals surface area contributed by atoms with Crippen molar-refractivity contribution < 1.29 is 19.1 Å². The summed E-state index contributed by atoms with van der Waals surface area (Å²) < 4.78 is 5.09. The molecule has 2 heterocycles. The van der Waals surface area contributed by atoms with E-state index in [0.717, 1.165) is 6.41 Å². The van der Waals surface area contributed by atoms with Crippen LogP contribution in [0.25, 0.3) is 0 Å². The third-order valence-electron chi connectivity index (χ3n) is 4.39. The summed E-state index contributed by atoms with van der Waals surface area (Å²) in [6, 6.07) is 6.44. The Bertz CT molecular complexity index is 608. The third kappa shape index (κ3) is 2.92.